The Morgan fingerprint density at radius 3 is 2.44 bits per heavy atom. The summed E-state index contributed by atoms with van der Waals surface area (Å²) in [7, 11) is 0. The van der Waals surface area contributed by atoms with Gasteiger partial charge in [-0.1, -0.05) is 44.2 Å². The zero-order valence-electron chi connectivity index (χ0n) is 15.0. The van der Waals surface area contributed by atoms with Crippen molar-refractivity contribution in [1.29, 1.82) is 0 Å². The molecule has 1 aliphatic heterocycles. The summed E-state index contributed by atoms with van der Waals surface area (Å²) in [5.41, 5.74) is -0.0524. The van der Waals surface area contributed by atoms with Crippen LogP contribution >= 0.6 is 0 Å². The lowest BCUT2D eigenvalue weighted by atomic mass is 9.75. The molecule has 1 aromatic rings. The van der Waals surface area contributed by atoms with E-state index >= 15 is 0 Å². The average molecular weight is 348 g/mol. The molecule has 1 fully saturated rings. The summed E-state index contributed by atoms with van der Waals surface area (Å²) >= 11 is 0. The second kappa shape index (κ2) is 8.85. The van der Waals surface area contributed by atoms with E-state index in [-0.39, 0.29) is 18.5 Å². The SMILES string of the molecule is CC(C)C[C@](CNC(=O)N1CCOCC1)(Cc1ccccc1)C(=O)O. The minimum absolute atomic E-state index is 0.117. The number of urea groups is 1. The van der Waals surface area contributed by atoms with Gasteiger partial charge in [0.25, 0.3) is 0 Å². The molecule has 6 heteroatoms. The number of morpholine rings is 1. The molecule has 1 aliphatic rings. The highest BCUT2D eigenvalue weighted by Gasteiger charge is 2.40. The van der Waals surface area contributed by atoms with Crippen molar-refractivity contribution in [1.82, 2.24) is 10.2 Å². The van der Waals surface area contributed by atoms with Gasteiger partial charge in [0.2, 0.25) is 0 Å². The van der Waals surface area contributed by atoms with Crippen LogP contribution in [-0.2, 0) is 16.0 Å². The van der Waals surface area contributed by atoms with Gasteiger partial charge in [-0.3, -0.25) is 4.79 Å². The fraction of sp³-hybridized carbons (Fsp3) is 0.579. The van der Waals surface area contributed by atoms with Crippen molar-refractivity contribution in [3.8, 4) is 0 Å². The summed E-state index contributed by atoms with van der Waals surface area (Å²) < 4.78 is 5.25. The lowest BCUT2D eigenvalue weighted by Gasteiger charge is -2.33. The van der Waals surface area contributed by atoms with E-state index in [2.05, 4.69) is 5.32 Å². The van der Waals surface area contributed by atoms with E-state index in [0.717, 1.165) is 5.56 Å². The molecule has 0 spiro atoms. The Morgan fingerprint density at radius 1 is 1.24 bits per heavy atom. The third kappa shape index (κ3) is 5.46. The third-order valence-corrected chi connectivity index (χ3v) is 4.51. The number of nitrogens with zero attached hydrogens (tertiary/aromatic N) is 1. The minimum Gasteiger partial charge on any atom is -0.481 e. The first-order valence-electron chi connectivity index (χ1n) is 8.81. The van der Waals surface area contributed by atoms with Crippen molar-refractivity contribution >= 4 is 12.0 Å². The van der Waals surface area contributed by atoms with Gasteiger partial charge < -0.3 is 20.1 Å². The van der Waals surface area contributed by atoms with Gasteiger partial charge in [0, 0.05) is 19.6 Å². The maximum absolute atomic E-state index is 12.4. The van der Waals surface area contributed by atoms with E-state index in [1.807, 2.05) is 44.2 Å². The van der Waals surface area contributed by atoms with Gasteiger partial charge in [-0.25, -0.2) is 4.79 Å². The van der Waals surface area contributed by atoms with Crippen LogP contribution in [-0.4, -0.2) is 54.9 Å². The van der Waals surface area contributed by atoms with Crippen LogP contribution in [0.2, 0.25) is 0 Å². The standard InChI is InChI=1S/C19H28N2O4/c1-15(2)12-19(17(22)23,13-16-6-4-3-5-7-16)14-20-18(24)21-8-10-25-11-9-21/h3-7,15H,8-14H2,1-2H3,(H,20,24)(H,22,23)/t19-/m1/s1. The lowest BCUT2D eigenvalue weighted by molar-refractivity contribution is -0.149. The maximum atomic E-state index is 12.4. The molecule has 138 valence electrons. The molecule has 1 aromatic carbocycles. The maximum Gasteiger partial charge on any atom is 0.317 e. The van der Waals surface area contributed by atoms with Gasteiger partial charge in [-0.2, -0.15) is 0 Å². The van der Waals surface area contributed by atoms with Crippen LogP contribution in [0.1, 0.15) is 25.8 Å². The first-order chi connectivity index (χ1) is 11.9. The van der Waals surface area contributed by atoms with Crippen molar-refractivity contribution in [2.24, 2.45) is 11.3 Å². The van der Waals surface area contributed by atoms with Gasteiger partial charge in [0.15, 0.2) is 0 Å². The highest BCUT2D eigenvalue weighted by Crippen LogP contribution is 2.31. The van der Waals surface area contributed by atoms with Crippen molar-refractivity contribution in [3.05, 3.63) is 35.9 Å². The molecule has 0 unspecified atom stereocenters. The number of carbonyl (C=O) groups excluding carboxylic acids is 1. The molecule has 6 nitrogen and oxygen atoms in total. The summed E-state index contributed by atoms with van der Waals surface area (Å²) in [6.07, 6.45) is 0.894. The van der Waals surface area contributed by atoms with Crippen LogP contribution in [0.15, 0.2) is 30.3 Å². The van der Waals surface area contributed by atoms with E-state index in [9.17, 15) is 14.7 Å². The first-order valence-corrected chi connectivity index (χ1v) is 8.81. The third-order valence-electron chi connectivity index (χ3n) is 4.51. The molecule has 0 aromatic heterocycles. The van der Waals surface area contributed by atoms with Gasteiger partial charge >= 0.3 is 12.0 Å². The van der Waals surface area contributed by atoms with Crippen LogP contribution in [0.4, 0.5) is 4.79 Å². The van der Waals surface area contributed by atoms with Crippen LogP contribution < -0.4 is 5.32 Å². The largest absolute Gasteiger partial charge is 0.481 e. The van der Waals surface area contributed by atoms with Gasteiger partial charge in [-0.15, -0.1) is 0 Å². The molecule has 0 saturated carbocycles. The number of ether oxygens (including phenoxy) is 1. The first kappa shape index (κ1) is 19.2. The second-order valence-corrected chi connectivity index (χ2v) is 7.10. The Bertz CT molecular complexity index is 570. The number of amides is 2. The predicted octanol–water partition coefficient (Wildman–Crippen LogP) is 2.39. The molecule has 0 radical (unpaired) electrons. The fourth-order valence-corrected chi connectivity index (χ4v) is 3.34. The second-order valence-electron chi connectivity index (χ2n) is 7.10. The molecule has 2 N–H and O–H groups in total. The molecule has 25 heavy (non-hydrogen) atoms. The molecule has 1 atom stereocenters. The lowest BCUT2D eigenvalue weighted by Crippen LogP contribution is -2.51. The smallest absolute Gasteiger partial charge is 0.317 e. The number of hydrogen-bond donors (Lipinski definition) is 2. The van der Waals surface area contributed by atoms with E-state index < -0.39 is 11.4 Å². The Labute approximate surface area is 149 Å². The zero-order valence-corrected chi connectivity index (χ0v) is 15.0. The number of carbonyl (C=O) groups is 2. The van der Waals surface area contributed by atoms with Crippen LogP contribution in [0.5, 0.6) is 0 Å². The van der Waals surface area contributed by atoms with Gasteiger partial charge in [-0.05, 0) is 24.3 Å². The number of aliphatic carboxylic acids is 1. The quantitative estimate of drug-likeness (QED) is 0.793. The molecule has 0 bridgehead atoms. The normalized spacial score (nSPS) is 17.2. The minimum atomic E-state index is -1.02. The molecular weight excluding hydrogens is 320 g/mol. The van der Waals surface area contributed by atoms with Crippen LogP contribution in [0.3, 0.4) is 0 Å². The van der Waals surface area contributed by atoms with Gasteiger partial charge in [0.05, 0.1) is 18.6 Å². The Kier molecular flexibility index (Phi) is 6.82. The van der Waals surface area contributed by atoms with Crippen molar-refractivity contribution in [3.63, 3.8) is 0 Å². The molecule has 0 aliphatic carbocycles. The Morgan fingerprint density at radius 2 is 1.88 bits per heavy atom. The number of rotatable bonds is 7. The number of nitrogens with one attached hydrogen (secondary N) is 1. The highest BCUT2D eigenvalue weighted by molar-refractivity contribution is 5.78. The summed E-state index contributed by atoms with van der Waals surface area (Å²) in [6, 6.07) is 9.37. The monoisotopic (exact) mass is 348 g/mol. The predicted molar refractivity (Wildman–Crippen MR) is 95.5 cm³/mol. The number of benzene rings is 1. The molecule has 1 heterocycles. The molecular formula is C19H28N2O4. The Hall–Kier alpha value is -2.08. The highest BCUT2D eigenvalue weighted by atomic mass is 16.5. The zero-order chi connectivity index (χ0) is 18.3. The number of hydrogen-bond acceptors (Lipinski definition) is 3. The molecule has 2 rings (SSSR count). The van der Waals surface area contributed by atoms with Crippen molar-refractivity contribution in [2.75, 3.05) is 32.8 Å². The summed E-state index contributed by atoms with van der Waals surface area (Å²) in [5.74, 6) is -0.660. The summed E-state index contributed by atoms with van der Waals surface area (Å²) in [4.78, 5) is 26.2. The average Bonchev–Trinajstić information content (AvgIpc) is 2.60. The number of carboxylic acid groups (broad SMARTS) is 1. The van der Waals surface area contributed by atoms with E-state index in [1.54, 1.807) is 4.90 Å². The van der Waals surface area contributed by atoms with Crippen LogP contribution in [0.25, 0.3) is 0 Å². The van der Waals surface area contributed by atoms with E-state index in [0.29, 0.717) is 39.1 Å². The Balaban J connectivity index is 2.12. The molecule has 2 amide bonds. The molecule has 1 saturated heterocycles. The number of carboxylic acids is 1. The topological polar surface area (TPSA) is 78.9 Å². The van der Waals surface area contributed by atoms with Crippen LogP contribution in [0, 0.1) is 11.3 Å². The summed E-state index contributed by atoms with van der Waals surface area (Å²) in [5, 5.41) is 12.8. The van der Waals surface area contributed by atoms with Crippen molar-refractivity contribution in [2.45, 2.75) is 26.7 Å². The van der Waals surface area contributed by atoms with E-state index in [4.69, 9.17) is 4.74 Å². The van der Waals surface area contributed by atoms with Crippen molar-refractivity contribution < 1.29 is 19.4 Å². The van der Waals surface area contributed by atoms with Gasteiger partial charge in [0.1, 0.15) is 0 Å². The summed E-state index contributed by atoms with van der Waals surface area (Å²) in [6.45, 7) is 6.25. The fourth-order valence-electron chi connectivity index (χ4n) is 3.34. The van der Waals surface area contributed by atoms with E-state index in [1.165, 1.54) is 0 Å².